The summed E-state index contributed by atoms with van der Waals surface area (Å²) in [7, 11) is -4.06. The number of carbonyl (C=O) groups excluding carboxylic acids is 4. The van der Waals surface area contributed by atoms with Gasteiger partial charge >= 0.3 is 11.9 Å². The molecular weight excluding hydrogens is 791 g/mol. The van der Waals surface area contributed by atoms with Crippen molar-refractivity contribution in [2.75, 3.05) is 17.7 Å². The van der Waals surface area contributed by atoms with Gasteiger partial charge in [-0.2, -0.15) is 9.94 Å². The molecule has 4 aromatic rings. The Balaban J connectivity index is 1.30. The van der Waals surface area contributed by atoms with Crippen LogP contribution in [0.15, 0.2) is 77.1 Å². The smallest absolute Gasteiger partial charge is 0.368 e. The van der Waals surface area contributed by atoms with Crippen molar-refractivity contribution in [3.8, 4) is 0 Å². The molecule has 2 aliphatic rings. The van der Waals surface area contributed by atoms with Crippen LogP contribution in [0, 0.1) is 0 Å². The zero-order valence-electron chi connectivity index (χ0n) is 30.1. The van der Waals surface area contributed by atoms with Gasteiger partial charge in [-0.3, -0.25) is 14.5 Å². The van der Waals surface area contributed by atoms with E-state index in [1.165, 1.54) is 28.4 Å². The number of anilines is 1. The number of nitrogens with two attached hydrogens (primary N) is 1. The second-order valence-corrected chi connectivity index (χ2v) is 18.6. The quantitative estimate of drug-likeness (QED) is 0.0861. The Kier molecular flexibility index (Phi) is 11.7. The molecule has 290 valence electrons. The van der Waals surface area contributed by atoms with E-state index >= 15 is 0 Å². The molecule has 0 spiro atoms. The fourth-order valence-corrected chi connectivity index (χ4v) is 9.57. The van der Waals surface area contributed by atoms with Crippen LogP contribution in [0.5, 0.6) is 0 Å². The number of β-lactam (4-membered cyclic amide) rings is 1. The lowest BCUT2D eigenvalue weighted by atomic mass is 9.99. The number of nitrogens with zero attached hydrogens (tertiary/aromatic N) is 5. The number of thiazole rings is 1. The number of benzene rings is 2. The minimum Gasteiger partial charge on any atom is -0.455 e. The van der Waals surface area contributed by atoms with Gasteiger partial charge in [-0.15, -0.1) is 22.0 Å². The SMILES string of the molecule is CC(Sc1nn[nH]n1)C1=C(C(=O)OC(c2ccccc2)c2ccccc2)N2C(=O)[C@@H](NC(=O)[C@H](NS(C)(=O)=O)c3nc(C(=O)OC(C)(C)C)sc3N)[C@H]2SC1. The van der Waals surface area contributed by atoms with Gasteiger partial charge in [-0.1, -0.05) is 83.8 Å². The molecule has 2 amide bonds. The number of amides is 2. The first kappa shape index (κ1) is 39.9. The minimum atomic E-state index is -4.06. The van der Waals surface area contributed by atoms with Crippen molar-refractivity contribution in [1.82, 2.24) is 40.5 Å². The topological polar surface area (TPSA) is 242 Å². The molecular formula is C34H37N9O8S4. The average Bonchev–Trinajstić information content (AvgIpc) is 3.80. The Bertz CT molecular complexity index is 2170. The third kappa shape index (κ3) is 9.18. The first-order chi connectivity index (χ1) is 26.0. The number of ether oxygens (including phenoxy) is 2. The lowest BCUT2D eigenvalue weighted by Crippen LogP contribution is -2.71. The molecule has 0 aliphatic carbocycles. The second-order valence-electron chi connectivity index (χ2n) is 13.4. The number of sulfonamides is 1. The molecule has 1 unspecified atom stereocenters. The highest BCUT2D eigenvalue weighted by molar-refractivity contribution is 8.01. The number of nitrogens with one attached hydrogen (secondary N) is 3. The summed E-state index contributed by atoms with van der Waals surface area (Å²) in [5, 5.41) is 15.5. The second kappa shape index (κ2) is 16.1. The van der Waals surface area contributed by atoms with Crippen molar-refractivity contribution >= 4 is 73.6 Å². The van der Waals surface area contributed by atoms with E-state index in [0.717, 1.165) is 17.6 Å². The van der Waals surface area contributed by atoms with Gasteiger partial charge in [-0.25, -0.2) is 23.0 Å². The van der Waals surface area contributed by atoms with Crippen molar-refractivity contribution in [1.29, 1.82) is 0 Å². The third-order valence-corrected chi connectivity index (χ3v) is 12.0. The maximum Gasteiger partial charge on any atom is 0.368 e. The number of aromatic nitrogens is 5. The van der Waals surface area contributed by atoms with Crippen LogP contribution in [0.2, 0.25) is 0 Å². The van der Waals surface area contributed by atoms with Crippen molar-refractivity contribution in [3.05, 3.63) is 93.8 Å². The van der Waals surface area contributed by atoms with Crippen LogP contribution in [-0.4, -0.2) is 97.0 Å². The van der Waals surface area contributed by atoms with Crippen LogP contribution in [0.25, 0.3) is 0 Å². The molecule has 0 radical (unpaired) electrons. The third-order valence-electron chi connectivity index (χ3n) is 8.14. The van der Waals surface area contributed by atoms with Gasteiger partial charge < -0.3 is 20.5 Å². The van der Waals surface area contributed by atoms with Gasteiger partial charge in [0, 0.05) is 11.0 Å². The standard InChI is InChI=1S/C34H37N9O8S4/c1-17(53-33-38-41-42-39-33)20-16-52-30-23(36-27(44)22(40-55(5,48)49)21-26(35)54-28(37-21)32(47)51-34(2,3)4)29(45)43(30)24(20)31(46)50-25(18-12-8-6-9-13-18)19-14-10-7-11-15-19/h6-15,17,22-23,25,30,40H,16,35H2,1-5H3,(H,36,44)(H,38,39,41,42)/t17?,22-,23-,30-/m1/s1. The van der Waals surface area contributed by atoms with Gasteiger partial charge in [0.25, 0.3) is 5.91 Å². The van der Waals surface area contributed by atoms with Gasteiger partial charge in [-0.05, 0) is 49.6 Å². The predicted octanol–water partition coefficient (Wildman–Crippen LogP) is 2.95. The van der Waals surface area contributed by atoms with Crippen LogP contribution >= 0.6 is 34.9 Å². The van der Waals surface area contributed by atoms with E-state index in [1.54, 1.807) is 20.8 Å². The number of esters is 2. The Hall–Kier alpha value is -4.83. The lowest BCUT2D eigenvalue weighted by Gasteiger charge is -2.50. The van der Waals surface area contributed by atoms with Crippen molar-refractivity contribution in [2.24, 2.45) is 0 Å². The highest BCUT2D eigenvalue weighted by Gasteiger charge is 2.55. The number of nitrogen functional groups attached to an aromatic ring is 1. The predicted molar refractivity (Wildman–Crippen MR) is 205 cm³/mol. The van der Waals surface area contributed by atoms with Crippen molar-refractivity contribution in [2.45, 2.75) is 67.3 Å². The molecule has 2 aromatic heterocycles. The average molecular weight is 828 g/mol. The maximum atomic E-state index is 14.4. The van der Waals surface area contributed by atoms with Crippen LogP contribution in [0.1, 0.15) is 66.5 Å². The summed E-state index contributed by atoms with van der Waals surface area (Å²) in [5.41, 5.74) is 7.06. The highest BCUT2D eigenvalue weighted by Crippen LogP contribution is 2.45. The van der Waals surface area contributed by atoms with Crippen LogP contribution < -0.4 is 15.8 Å². The number of H-pyrrole nitrogens is 1. The molecule has 4 heterocycles. The molecule has 17 nitrogen and oxygen atoms in total. The number of carbonyl (C=O) groups is 4. The Morgan fingerprint density at radius 1 is 1.05 bits per heavy atom. The van der Waals surface area contributed by atoms with Gasteiger partial charge in [0.05, 0.1) is 6.26 Å². The Morgan fingerprint density at radius 3 is 2.25 bits per heavy atom. The molecule has 2 aliphatic heterocycles. The van der Waals surface area contributed by atoms with Gasteiger partial charge in [0.1, 0.15) is 39.5 Å². The normalized spacial score (nSPS) is 18.3. The fourth-order valence-electron chi connectivity index (χ4n) is 5.77. The van der Waals surface area contributed by atoms with E-state index < -0.39 is 68.2 Å². The van der Waals surface area contributed by atoms with Crippen LogP contribution in [-0.2, 0) is 33.9 Å². The summed E-state index contributed by atoms with van der Waals surface area (Å²) >= 11 is 3.25. The molecule has 1 saturated heterocycles. The molecule has 21 heteroatoms. The largest absolute Gasteiger partial charge is 0.455 e. The van der Waals surface area contributed by atoms with E-state index in [2.05, 4.69) is 35.6 Å². The molecule has 0 saturated carbocycles. The number of rotatable bonds is 13. The Morgan fingerprint density at radius 2 is 1.69 bits per heavy atom. The maximum absolute atomic E-state index is 14.4. The molecule has 6 rings (SSSR count). The van der Waals surface area contributed by atoms with E-state index in [1.807, 2.05) is 67.6 Å². The van der Waals surface area contributed by atoms with E-state index in [4.69, 9.17) is 15.2 Å². The molecule has 5 N–H and O–H groups in total. The molecule has 4 atom stereocenters. The van der Waals surface area contributed by atoms with E-state index in [-0.39, 0.29) is 27.2 Å². The molecule has 2 aromatic carbocycles. The number of tetrazole rings is 1. The van der Waals surface area contributed by atoms with Gasteiger partial charge in [0.2, 0.25) is 26.1 Å². The van der Waals surface area contributed by atoms with Crippen LogP contribution in [0.4, 0.5) is 5.00 Å². The summed E-state index contributed by atoms with van der Waals surface area (Å²) in [6, 6.07) is 15.5. The van der Waals surface area contributed by atoms with Crippen molar-refractivity contribution in [3.63, 3.8) is 0 Å². The molecule has 55 heavy (non-hydrogen) atoms. The van der Waals surface area contributed by atoms with Gasteiger partial charge in [0.15, 0.2) is 6.10 Å². The minimum absolute atomic E-state index is 0.0103. The summed E-state index contributed by atoms with van der Waals surface area (Å²) < 4.78 is 38.7. The summed E-state index contributed by atoms with van der Waals surface area (Å²) in [6.07, 6.45) is 0.0224. The lowest BCUT2D eigenvalue weighted by molar-refractivity contribution is -0.154. The Labute approximate surface area is 328 Å². The zero-order valence-corrected chi connectivity index (χ0v) is 33.3. The monoisotopic (exact) mass is 827 g/mol. The van der Waals surface area contributed by atoms with E-state index in [9.17, 15) is 27.6 Å². The fraction of sp³-hybridized carbons (Fsp3) is 0.353. The highest BCUT2D eigenvalue weighted by atomic mass is 32.2. The number of thioether (sulfide) groups is 2. The molecule has 0 bridgehead atoms. The molecule has 1 fully saturated rings. The first-order valence-electron chi connectivity index (χ1n) is 16.7. The zero-order chi connectivity index (χ0) is 39.7. The number of hydrogen-bond acceptors (Lipinski definition) is 16. The van der Waals surface area contributed by atoms with Crippen LogP contribution in [0.3, 0.4) is 0 Å². The van der Waals surface area contributed by atoms with E-state index in [0.29, 0.717) is 21.9 Å². The number of fused-ring (bicyclic) bond motifs is 1. The first-order valence-corrected chi connectivity index (χ1v) is 21.3. The number of aromatic amines is 1. The summed E-state index contributed by atoms with van der Waals surface area (Å²) in [4.78, 5) is 60.5. The van der Waals surface area contributed by atoms with Crippen molar-refractivity contribution < 1.29 is 37.1 Å². The summed E-state index contributed by atoms with van der Waals surface area (Å²) in [6.45, 7) is 6.82. The summed E-state index contributed by atoms with van der Waals surface area (Å²) in [5.74, 6) is -2.92. The number of hydrogen-bond donors (Lipinski definition) is 4.